The van der Waals surface area contributed by atoms with Crippen molar-refractivity contribution in [3.05, 3.63) is 69.9 Å². The topological polar surface area (TPSA) is 74.8 Å². The molecular weight excluding hydrogens is 479 g/mol. The maximum atomic E-state index is 14.0. The summed E-state index contributed by atoms with van der Waals surface area (Å²) in [5, 5.41) is 14.2. The average molecular weight is 506 g/mol. The molecule has 2 fully saturated rings. The van der Waals surface area contributed by atoms with Crippen molar-refractivity contribution in [2.24, 2.45) is 7.05 Å². The van der Waals surface area contributed by atoms with Crippen molar-refractivity contribution >= 4 is 5.78 Å². The van der Waals surface area contributed by atoms with E-state index in [9.17, 15) is 23.2 Å². The Kier molecular flexibility index (Phi) is 5.50. The van der Waals surface area contributed by atoms with E-state index in [4.69, 9.17) is 5.10 Å². The van der Waals surface area contributed by atoms with Gasteiger partial charge in [0.1, 0.15) is 0 Å². The van der Waals surface area contributed by atoms with E-state index in [1.165, 1.54) is 0 Å². The molecule has 2 aliphatic heterocycles. The van der Waals surface area contributed by atoms with Gasteiger partial charge in [-0.2, -0.15) is 10.4 Å². The second-order valence-electron chi connectivity index (χ2n) is 10.5. The molecule has 3 aliphatic rings. The molecule has 9 heteroatoms. The Bertz CT molecular complexity index is 1460. The third kappa shape index (κ3) is 3.77. The molecule has 0 unspecified atom stereocenters. The Labute approximate surface area is 212 Å². The van der Waals surface area contributed by atoms with Gasteiger partial charge in [0, 0.05) is 35.5 Å². The highest BCUT2D eigenvalue weighted by Crippen LogP contribution is 2.47. The van der Waals surface area contributed by atoms with Crippen LogP contribution < -0.4 is 0 Å². The molecule has 0 radical (unpaired) electrons. The lowest BCUT2D eigenvalue weighted by atomic mass is 9.81. The molecule has 2 atom stereocenters. The molecule has 2 aromatic heterocycles. The average Bonchev–Trinajstić information content (AvgIpc) is 3.60. The molecule has 1 aromatic carbocycles. The summed E-state index contributed by atoms with van der Waals surface area (Å²) in [6.07, 6.45) is 4.89. The lowest BCUT2D eigenvalue weighted by Crippen LogP contribution is -2.48. The van der Waals surface area contributed by atoms with Crippen LogP contribution in [0.15, 0.2) is 24.3 Å². The third-order valence-corrected chi connectivity index (χ3v) is 8.24. The number of ketones is 1. The van der Waals surface area contributed by atoms with Crippen LogP contribution in [0.1, 0.15) is 71.1 Å². The molecular formula is C28H26F3N5O. The molecule has 0 amide bonds. The van der Waals surface area contributed by atoms with Crippen LogP contribution in [-0.2, 0) is 18.9 Å². The largest absolute Gasteiger partial charge is 0.293 e. The van der Waals surface area contributed by atoms with E-state index in [1.54, 1.807) is 23.9 Å². The predicted octanol–water partition coefficient (Wildman–Crippen LogP) is 5.10. The van der Waals surface area contributed by atoms with Gasteiger partial charge >= 0.3 is 0 Å². The van der Waals surface area contributed by atoms with Crippen LogP contribution in [0.2, 0.25) is 0 Å². The number of piperidine rings is 1. The fraction of sp³-hybridized carbons (Fsp3) is 0.429. The maximum Gasteiger partial charge on any atom is 0.194 e. The summed E-state index contributed by atoms with van der Waals surface area (Å²) in [6.45, 7) is 2.02. The zero-order chi connectivity index (χ0) is 26.1. The SMILES string of the molecule is Cc1nc(C2(C#N)CC2)ccc1C(=O)CN1[C@@H]2CCC[C@H]1c1nn(C)c(-c3cc(F)c(F)c(F)c3)c1C2. The number of pyridine rings is 1. The van der Waals surface area contributed by atoms with Crippen LogP contribution in [0.25, 0.3) is 11.3 Å². The van der Waals surface area contributed by atoms with Gasteiger partial charge in [-0.1, -0.05) is 0 Å². The van der Waals surface area contributed by atoms with Gasteiger partial charge in [-0.15, -0.1) is 0 Å². The number of nitrogens with zero attached hydrogens (tertiary/aromatic N) is 5. The summed E-state index contributed by atoms with van der Waals surface area (Å²) >= 11 is 0. The molecule has 4 heterocycles. The zero-order valence-electron chi connectivity index (χ0n) is 20.7. The van der Waals surface area contributed by atoms with E-state index in [-0.39, 0.29) is 30.0 Å². The highest BCUT2D eigenvalue weighted by Gasteiger charge is 2.47. The number of benzene rings is 1. The fourth-order valence-corrected chi connectivity index (χ4v) is 6.16. The third-order valence-electron chi connectivity index (χ3n) is 8.24. The molecule has 1 saturated heterocycles. The van der Waals surface area contributed by atoms with E-state index in [1.807, 2.05) is 6.92 Å². The highest BCUT2D eigenvalue weighted by molar-refractivity contribution is 5.98. The first-order valence-electron chi connectivity index (χ1n) is 12.6. The Balaban J connectivity index is 1.30. The summed E-state index contributed by atoms with van der Waals surface area (Å²) < 4.78 is 43.3. The second-order valence-corrected chi connectivity index (χ2v) is 10.5. The Morgan fingerprint density at radius 3 is 2.57 bits per heavy atom. The van der Waals surface area contributed by atoms with Crippen molar-refractivity contribution in [1.82, 2.24) is 19.7 Å². The van der Waals surface area contributed by atoms with Gasteiger partial charge in [0.15, 0.2) is 23.2 Å². The summed E-state index contributed by atoms with van der Waals surface area (Å²) in [5.74, 6) is -3.98. The first kappa shape index (κ1) is 23.9. The van der Waals surface area contributed by atoms with Crippen molar-refractivity contribution in [2.45, 2.75) is 62.9 Å². The minimum absolute atomic E-state index is 0.0301. The van der Waals surface area contributed by atoms with Gasteiger partial charge in [0.25, 0.3) is 0 Å². The quantitative estimate of drug-likeness (QED) is 0.356. The Morgan fingerprint density at radius 2 is 1.92 bits per heavy atom. The summed E-state index contributed by atoms with van der Waals surface area (Å²) in [6, 6.07) is 7.95. The number of hydrogen-bond acceptors (Lipinski definition) is 5. The van der Waals surface area contributed by atoms with E-state index < -0.39 is 22.9 Å². The highest BCUT2D eigenvalue weighted by atomic mass is 19.2. The summed E-state index contributed by atoms with van der Waals surface area (Å²) in [7, 11) is 1.72. The molecule has 6 nitrogen and oxygen atoms in total. The Morgan fingerprint density at radius 1 is 1.19 bits per heavy atom. The molecule has 6 rings (SSSR count). The van der Waals surface area contributed by atoms with Crippen LogP contribution in [0.3, 0.4) is 0 Å². The van der Waals surface area contributed by atoms with Gasteiger partial charge in [0.05, 0.1) is 41.2 Å². The number of aromatic nitrogens is 3. The maximum absolute atomic E-state index is 14.0. The summed E-state index contributed by atoms with van der Waals surface area (Å²) in [4.78, 5) is 20.2. The van der Waals surface area contributed by atoms with Crippen molar-refractivity contribution in [3.63, 3.8) is 0 Å². The van der Waals surface area contributed by atoms with Gasteiger partial charge in [-0.25, -0.2) is 13.2 Å². The molecule has 0 N–H and O–H groups in total. The molecule has 3 aromatic rings. The van der Waals surface area contributed by atoms with Crippen LogP contribution in [0, 0.1) is 35.7 Å². The van der Waals surface area contributed by atoms with Gasteiger partial charge in [0.2, 0.25) is 0 Å². The number of carbonyl (C=O) groups excluding carboxylic acids is 1. The van der Waals surface area contributed by atoms with Crippen molar-refractivity contribution < 1.29 is 18.0 Å². The molecule has 2 bridgehead atoms. The second kappa shape index (κ2) is 8.52. The minimum Gasteiger partial charge on any atom is -0.293 e. The number of fused-ring (bicyclic) bond motifs is 4. The van der Waals surface area contributed by atoms with Gasteiger partial charge in [-0.05, 0) is 69.7 Å². The normalized spacial score (nSPS) is 21.8. The Hall–Kier alpha value is -3.51. The van der Waals surface area contributed by atoms with E-state index in [2.05, 4.69) is 16.0 Å². The van der Waals surface area contributed by atoms with Crippen molar-refractivity contribution in [1.29, 1.82) is 5.26 Å². The summed E-state index contributed by atoms with van der Waals surface area (Å²) in [5.41, 5.74) is 3.97. The van der Waals surface area contributed by atoms with Crippen LogP contribution >= 0.6 is 0 Å². The number of halogens is 3. The first-order valence-corrected chi connectivity index (χ1v) is 12.6. The zero-order valence-corrected chi connectivity index (χ0v) is 20.7. The van der Waals surface area contributed by atoms with Crippen molar-refractivity contribution in [3.8, 4) is 17.3 Å². The number of rotatable bonds is 5. The molecule has 190 valence electrons. The van der Waals surface area contributed by atoms with Gasteiger partial charge < -0.3 is 0 Å². The van der Waals surface area contributed by atoms with E-state index in [0.29, 0.717) is 23.4 Å². The van der Waals surface area contributed by atoms with Crippen LogP contribution in [0.5, 0.6) is 0 Å². The standard InChI is InChI=1S/C28H26F3N5O/c1-15-18(6-7-24(33-15)28(14-32)8-9-28)23(37)13-36-17-4-3-5-22(36)26-19(12-17)27(35(2)34-26)16-10-20(29)25(31)21(30)11-16/h6-7,10-11,17,22H,3-5,8-9,12-13H2,1-2H3/t17-,22+/m1/s1. The van der Waals surface area contributed by atoms with Crippen LogP contribution in [-0.4, -0.2) is 38.0 Å². The lowest BCUT2D eigenvalue weighted by molar-refractivity contribution is 0.0561. The first-order chi connectivity index (χ1) is 17.7. The minimum atomic E-state index is -1.49. The number of nitriles is 1. The lowest BCUT2D eigenvalue weighted by Gasteiger charge is -2.45. The molecule has 0 spiro atoms. The molecule has 1 saturated carbocycles. The number of carbonyl (C=O) groups is 1. The van der Waals surface area contributed by atoms with Crippen molar-refractivity contribution in [2.75, 3.05) is 6.54 Å². The molecule has 1 aliphatic carbocycles. The van der Waals surface area contributed by atoms with E-state index in [0.717, 1.165) is 61.2 Å². The van der Waals surface area contributed by atoms with Gasteiger partial charge in [-0.3, -0.25) is 19.4 Å². The molecule has 37 heavy (non-hydrogen) atoms. The number of Topliss-reactive ketones (excluding diaryl/α,β-unsaturated/α-hetero) is 1. The van der Waals surface area contributed by atoms with E-state index >= 15 is 0 Å². The number of aryl methyl sites for hydroxylation is 2. The fourth-order valence-electron chi connectivity index (χ4n) is 6.16. The number of hydrogen-bond donors (Lipinski definition) is 0. The predicted molar refractivity (Wildman–Crippen MR) is 129 cm³/mol. The van der Waals surface area contributed by atoms with Crippen LogP contribution in [0.4, 0.5) is 13.2 Å². The monoisotopic (exact) mass is 505 g/mol. The smallest absolute Gasteiger partial charge is 0.194 e.